The van der Waals surface area contributed by atoms with E-state index in [1.807, 2.05) is 19.9 Å². The van der Waals surface area contributed by atoms with E-state index in [4.69, 9.17) is 4.74 Å². The molecule has 0 aliphatic rings. The monoisotopic (exact) mass is 251 g/mol. The molecule has 102 valence electrons. The molecule has 3 heteroatoms. The molecular formula is C15H25NO2. The quantitative estimate of drug-likeness (QED) is 0.783. The molecule has 2 atom stereocenters. The first-order valence-electron chi connectivity index (χ1n) is 6.73. The van der Waals surface area contributed by atoms with Gasteiger partial charge in [-0.25, -0.2) is 0 Å². The maximum absolute atomic E-state index is 9.49. The Hall–Kier alpha value is -1.06. The van der Waals surface area contributed by atoms with Gasteiger partial charge in [0, 0.05) is 6.04 Å². The summed E-state index contributed by atoms with van der Waals surface area (Å²) in [5.74, 6) is 0.856. The molecule has 0 saturated heterocycles. The molecule has 1 rings (SSSR count). The second-order valence-corrected chi connectivity index (χ2v) is 4.68. The van der Waals surface area contributed by atoms with Gasteiger partial charge in [-0.1, -0.05) is 26.0 Å². The number of aliphatic hydroxyl groups is 1. The Balaban J connectivity index is 2.67. The van der Waals surface area contributed by atoms with Gasteiger partial charge in [0.1, 0.15) is 12.4 Å². The molecule has 3 nitrogen and oxygen atoms in total. The van der Waals surface area contributed by atoms with Crippen molar-refractivity contribution in [2.24, 2.45) is 0 Å². The number of benzene rings is 1. The molecule has 0 spiro atoms. The average molecular weight is 251 g/mol. The van der Waals surface area contributed by atoms with Gasteiger partial charge in [0.25, 0.3) is 0 Å². The minimum Gasteiger partial charge on any atom is -0.491 e. The lowest BCUT2D eigenvalue weighted by Crippen LogP contribution is -2.18. The number of hydrogen-bond donors (Lipinski definition) is 2. The molecular weight excluding hydrogens is 226 g/mol. The van der Waals surface area contributed by atoms with E-state index in [1.54, 1.807) is 0 Å². The van der Waals surface area contributed by atoms with E-state index in [0.717, 1.165) is 17.9 Å². The van der Waals surface area contributed by atoms with Crippen LogP contribution in [0.2, 0.25) is 0 Å². The van der Waals surface area contributed by atoms with E-state index in [0.29, 0.717) is 19.1 Å². The fraction of sp³-hybridized carbons (Fsp3) is 0.600. The predicted molar refractivity (Wildman–Crippen MR) is 75.1 cm³/mol. The topological polar surface area (TPSA) is 41.5 Å². The fourth-order valence-corrected chi connectivity index (χ4v) is 1.83. The first-order valence-corrected chi connectivity index (χ1v) is 6.73. The van der Waals surface area contributed by atoms with Crippen LogP contribution in [0.5, 0.6) is 5.75 Å². The van der Waals surface area contributed by atoms with Crippen molar-refractivity contribution in [3.63, 3.8) is 0 Å². The lowest BCUT2D eigenvalue weighted by molar-refractivity contribution is 0.104. The van der Waals surface area contributed by atoms with Gasteiger partial charge >= 0.3 is 0 Å². The van der Waals surface area contributed by atoms with Gasteiger partial charge in [0.15, 0.2) is 0 Å². The molecule has 1 aromatic rings. The van der Waals surface area contributed by atoms with Crippen molar-refractivity contribution in [2.45, 2.75) is 46.3 Å². The van der Waals surface area contributed by atoms with Crippen LogP contribution in [0.3, 0.4) is 0 Å². The Bertz CT molecular complexity index is 366. The summed E-state index contributed by atoms with van der Waals surface area (Å²) in [6.07, 6.45) is 0.332. The number of hydrogen-bond acceptors (Lipinski definition) is 3. The highest BCUT2D eigenvalue weighted by molar-refractivity contribution is 5.37. The van der Waals surface area contributed by atoms with Crippen molar-refractivity contribution < 1.29 is 9.84 Å². The number of rotatable bonds is 7. The standard InChI is InChI=1S/C15H25NO2/c1-5-14(17)10-18-15-8-7-13(9-11(15)3)12(4)16-6-2/h7-9,12,14,16-17H,5-6,10H2,1-4H3. The molecule has 0 radical (unpaired) electrons. The van der Waals surface area contributed by atoms with E-state index in [-0.39, 0.29) is 6.10 Å². The highest BCUT2D eigenvalue weighted by atomic mass is 16.5. The molecule has 2 unspecified atom stereocenters. The van der Waals surface area contributed by atoms with Crippen molar-refractivity contribution in [3.8, 4) is 5.75 Å². The minimum absolute atomic E-state index is 0.351. The summed E-state index contributed by atoms with van der Waals surface area (Å²) in [5.41, 5.74) is 2.37. The molecule has 0 aliphatic heterocycles. The smallest absolute Gasteiger partial charge is 0.122 e. The third-order valence-electron chi connectivity index (χ3n) is 3.11. The molecule has 2 N–H and O–H groups in total. The van der Waals surface area contributed by atoms with E-state index >= 15 is 0 Å². The van der Waals surface area contributed by atoms with Gasteiger partial charge in [-0.3, -0.25) is 0 Å². The van der Waals surface area contributed by atoms with E-state index < -0.39 is 0 Å². The van der Waals surface area contributed by atoms with Gasteiger partial charge in [-0.05, 0) is 44.0 Å². The molecule has 0 amide bonds. The molecule has 18 heavy (non-hydrogen) atoms. The van der Waals surface area contributed by atoms with Crippen LogP contribution in [0, 0.1) is 6.92 Å². The van der Waals surface area contributed by atoms with Gasteiger partial charge in [-0.2, -0.15) is 0 Å². The van der Waals surface area contributed by atoms with Crippen molar-refractivity contribution in [3.05, 3.63) is 29.3 Å². The molecule has 0 aliphatic carbocycles. The summed E-state index contributed by atoms with van der Waals surface area (Å²) >= 11 is 0. The minimum atomic E-state index is -0.384. The molecule has 0 fully saturated rings. The van der Waals surface area contributed by atoms with Gasteiger partial charge in [0.05, 0.1) is 6.10 Å². The van der Waals surface area contributed by atoms with Gasteiger partial charge < -0.3 is 15.2 Å². The van der Waals surface area contributed by atoms with Crippen LogP contribution < -0.4 is 10.1 Å². The van der Waals surface area contributed by atoms with E-state index in [2.05, 4.69) is 31.3 Å². The lowest BCUT2D eigenvalue weighted by atomic mass is 10.1. The summed E-state index contributed by atoms with van der Waals surface area (Å²) in [5, 5.41) is 12.9. The third-order valence-corrected chi connectivity index (χ3v) is 3.11. The van der Waals surface area contributed by atoms with Crippen molar-refractivity contribution in [1.82, 2.24) is 5.32 Å². The Morgan fingerprint density at radius 3 is 2.61 bits per heavy atom. The number of ether oxygens (including phenoxy) is 1. The Labute approximate surface area is 110 Å². The molecule has 0 aromatic heterocycles. The first kappa shape index (κ1) is 15.0. The number of nitrogens with one attached hydrogen (secondary N) is 1. The molecule has 0 heterocycles. The zero-order valence-electron chi connectivity index (χ0n) is 11.9. The van der Waals surface area contributed by atoms with Gasteiger partial charge in [-0.15, -0.1) is 0 Å². The Morgan fingerprint density at radius 2 is 2.06 bits per heavy atom. The molecule has 0 bridgehead atoms. The normalized spacial score (nSPS) is 14.3. The highest BCUT2D eigenvalue weighted by Crippen LogP contribution is 2.23. The van der Waals surface area contributed by atoms with Crippen LogP contribution in [0.4, 0.5) is 0 Å². The maximum atomic E-state index is 9.49. The Morgan fingerprint density at radius 1 is 1.33 bits per heavy atom. The summed E-state index contributed by atoms with van der Waals surface area (Å²) in [4.78, 5) is 0. The van der Waals surface area contributed by atoms with Gasteiger partial charge in [0.2, 0.25) is 0 Å². The zero-order chi connectivity index (χ0) is 13.5. The van der Waals surface area contributed by atoms with Crippen molar-refractivity contribution in [1.29, 1.82) is 0 Å². The Kier molecular flexibility index (Phi) is 6.16. The second kappa shape index (κ2) is 7.39. The van der Waals surface area contributed by atoms with Crippen molar-refractivity contribution in [2.75, 3.05) is 13.2 Å². The highest BCUT2D eigenvalue weighted by Gasteiger charge is 2.08. The average Bonchev–Trinajstić information content (AvgIpc) is 2.37. The van der Waals surface area contributed by atoms with E-state index in [1.165, 1.54) is 5.56 Å². The maximum Gasteiger partial charge on any atom is 0.122 e. The number of aryl methyl sites for hydroxylation is 1. The van der Waals surface area contributed by atoms with Crippen molar-refractivity contribution >= 4 is 0 Å². The molecule has 1 aromatic carbocycles. The second-order valence-electron chi connectivity index (χ2n) is 4.68. The van der Waals surface area contributed by atoms with Crippen LogP contribution in [-0.4, -0.2) is 24.4 Å². The van der Waals surface area contributed by atoms with Crippen LogP contribution >= 0.6 is 0 Å². The first-order chi connectivity index (χ1) is 8.58. The SMILES string of the molecule is CCNC(C)c1ccc(OCC(O)CC)c(C)c1. The molecule has 0 saturated carbocycles. The predicted octanol–water partition coefficient (Wildman–Crippen LogP) is 2.82. The number of aliphatic hydroxyl groups excluding tert-OH is 1. The van der Waals surface area contributed by atoms with Crippen LogP contribution in [0.25, 0.3) is 0 Å². The lowest BCUT2D eigenvalue weighted by Gasteiger charge is -2.16. The van der Waals surface area contributed by atoms with Crippen LogP contribution in [0.15, 0.2) is 18.2 Å². The largest absolute Gasteiger partial charge is 0.491 e. The summed E-state index contributed by atoms with van der Waals surface area (Å²) in [7, 11) is 0. The summed E-state index contributed by atoms with van der Waals surface area (Å²) < 4.78 is 5.61. The third kappa shape index (κ3) is 4.31. The fourth-order valence-electron chi connectivity index (χ4n) is 1.83. The van der Waals surface area contributed by atoms with E-state index in [9.17, 15) is 5.11 Å². The van der Waals surface area contributed by atoms with Crippen LogP contribution in [-0.2, 0) is 0 Å². The summed E-state index contributed by atoms with van der Waals surface area (Å²) in [6.45, 7) is 9.56. The zero-order valence-corrected chi connectivity index (χ0v) is 11.9. The summed E-state index contributed by atoms with van der Waals surface area (Å²) in [6, 6.07) is 6.56. The van der Waals surface area contributed by atoms with Crippen LogP contribution in [0.1, 0.15) is 44.4 Å².